The molecule has 0 aromatic heterocycles. The van der Waals surface area contributed by atoms with Crippen LogP contribution in [0.4, 0.5) is 0 Å². The van der Waals surface area contributed by atoms with Gasteiger partial charge >= 0.3 is 18.9 Å². The molecule has 10 heavy (non-hydrogen) atoms. The maximum Gasteiger partial charge on any atom is 1.00 e. The van der Waals surface area contributed by atoms with Gasteiger partial charge in [-0.3, -0.25) is 4.21 Å². The Labute approximate surface area is 90.5 Å². The minimum atomic E-state index is -2.12. The first-order chi connectivity index (χ1) is 3.92. The molecule has 0 amide bonds. The predicted octanol–water partition coefficient (Wildman–Crippen LogP) is -1.26. The van der Waals surface area contributed by atoms with E-state index < -0.39 is 14.9 Å². The van der Waals surface area contributed by atoms with Crippen molar-refractivity contribution < 1.29 is 29.0 Å². The third-order valence-corrected chi connectivity index (χ3v) is 1.66. The maximum absolute atomic E-state index is 9.87. The van der Waals surface area contributed by atoms with Crippen molar-refractivity contribution in [2.75, 3.05) is 5.75 Å². The van der Waals surface area contributed by atoms with E-state index in [2.05, 4.69) is 0 Å². The van der Waals surface area contributed by atoms with Gasteiger partial charge in [-0.05, 0) is 0 Å². The summed E-state index contributed by atoms with van der Waals surface area (Å²) in [5.41, 5.74) is 0. The van der Waals surface area contributed by atoms with Crippen LogP contribution in [0.2, 0.25) is 0 Å². The average Bonchev–Trinajstić information content (AvgIpc) is 1.59. The average molecular weight is 218 g/mol. The zero-order valence-electron chi connectivity index (χ0n) is 6.27. The standard InChI is InChI=1S/C3H5Cl3O2S.Li.H/c4-3(5,6)1-2-9(7)8;;/h1-2H2,(H,7,8);;/q;+1;-1/p-1. The largest absolute Gasteiger partial charge is 1.00 e. The summed E-state index contributed by atoms with van der Waals surface area (Å²) >= 11 is 13.6. The number of hydrogen-bond acceptors (Lipinski definition) is 2. The first-order valence-corrected chi connectivity index (χ1v) is 4.42. The van der Waals surface area contributed by atoms with Crippen LogP contribution >= 0.6 is 34.8 Å². The zero-order chi connectivity index (χ0) is 7.49. The van der Waals surface area contributed by atoms with Crippen LogP contribution in [0.3, 0.4) is 0 Å². The fraction of sp³-hybridized carbons (Fsp3) is 1.00. The van der Waals surface area contributed by atoms with Gasteiger partial charge in [0.15, 0.2) is 3.79 Å². The van der Waals surface area contributed by atoms with E-state index in [1.165, 1.54) is 0 Å². The number of halogens is 3. The van der Waals surface area contributed by atoms with Crippen LogP contribution in [0.15, 0.2) is 0 Å². The van der Waals surface area contributed by atoms with Crippen molar-refractivity contribution in [3.8, 4) is 0 Å². The van der Waals surface area contributed by atoms with E-state index in [4.69, 9.17) is 34.8 Å². The van der Waals surface area contributed by atoms with Gasteiger partial charge in [0, 0.05) is 12.2 Å². The molecular weight excluding hydrogens is 213 g/mol. The summed E-state index contributed by atoms with van der Waals surface area (Å²) < 4.78 is 18.3. The number of hydrogen-bond donors (Lipinski definition) is 0. The summed E-state index contributed by atoms with van der Waals surface area (Å²) in [7, 11) is 0. The first kappa shape index (κ1) is 14.1. The van der Waals surface area contributed by atoms with Crippen LogP contribution in [-0.2, 0) is 11.1 Å². The van der Waals surface area contributed by atoms with E-state index in [0.717, 1.165) is 0 Å². The molecule has 0 aliphatic carbocycles. The van der Waals surface area contributed by atoms with Gasteiger partial charge in [0.1, 0.15) is 0 Å². The topological polar surface area (TPSA) is 40.1 Å². The van der Waals surface area contributed by atoms with Crippen molar-refractivity contribution in [1.29, 1.82) is 0 Å². The first-order valence-electron chi connectivity index (χ1n) is 2.04. The predicted molar refractivity (Wildman–Crippen MR) is 39.8 cm³/mol. The van der Waals surface area contributed by atoms with Gasteiger partial charge in [-0.1, -0.05) is 45.9 Å². The molecule has 0 spiro atoms. The van der Waals surface area contributed by atoms with Crippen molar-refractivity contribution in [3.05, 3.63) is 0 Å². The SMILES string of the molecule is O=S([O-])CCC(Cl)(Cl)Cl.[H-].[Li+]. The van der Waals surface area contributed by atoms with Crippen molar-refractivity contribution in [1.82, 2.24) is 0 Å². The van der Waals surface area contributed by atoms with Crippen LogP contribution in [0.25, 0.3) is 0 Å². The zero-order valence-corrected chi connectivity index (χ0v) is 8.36. The van der Waals surface area contributed by atoms with E-state index in [1.54, 1.807) is 0 Å². The molecule has 0 aromatic rings. The molecule has 0 saturated heterocycles. The van der Waals surface area contributed by atoms with Crippen molar-refractivity contribution in [3.63, 3.8) is 0 Å². The fourth-order valence-electron chi connectivity index (χ4n) is 0.199. The molecular formula is C3H5Cl3LiO2S-. The Morgan fingerprint density at radius 1 is 1.50 bits per heavy atom. The molecule has 58 valence electrons. The number of alkyl halides is 3. The molecule has 0 fully saturated rings. The summed E-state index contributed by atoms with van der Waals surface area (Å²) in [6, 6.07) is 0. The van der Waals surface area contributed by atoms with Crippen LogP contribution < -0.4 is 18.9 Å². The van der Waals surface area contributed by atoms with Crippen molar-refractivity contribution >= 4 is 45.9 Å². The van der Waals surface area contributed by atoms with Gasteiger partial charge in [0.2, 0.25) is 0 Å². The van der Waals surface area contributed by atoms with Gasteiger partial charge in [-0.25, -0.2) is 0 Å². The Hall–Kier alpha value is 1.58. The molecule has 0 heterocycles. The summed E-state index contributed by atoms with van der Waals surface area (Å²) in [4.78, 5) is 0. The molecule has 0 radical (unpaired) electrons. The smallest absolute Gasteiger partial charge is 1.00 e. The molecule has 0 N–H and O–H groups in total. The normalized spacial score (nSPS) is 14.0. The Morgan fingerprint density at radius 2 is 1.90 bits per heavy atom. The molecule has 0 aliphatic heterocycles. The maximum atomic E-state index is 9.87. The van der Waals surface area contributed by atoms with Crippen molar-refractivity contribution in [2.45, 2.75) is 10.2 Å². The van der Waals surface area contributed by atoms with Gasteiger partial charge < -0.3 is 5.98 Å². The molecule has 1 atom stereocenters. The van der Waals surface area contributed by atoms with E-state index in [-0.39, 0.29) is 32.5 Å². The summed E-state index contributed by atoms with van der Waals surface area (Å²) in [6.45, 7) is 0. The molecule has 2 nitrogen and oxygen atoms in total. The minimum Gasteiger partial charge on any atom is -1.00 e. The van der Waals surface area contributed by atoms with Crippen LogP contribution in [0, 0.1) is 0 Å². The second-order valence-electron chi connectivity index (χ2n) is 1.37. The molecule has 0 rings (SSSR count). The van der Waals surface area contributed by atoms with Crippen LogP contribution in [0.5, 0.6) is 0 Å². The van der Waals surface area contributed by atoms with E-state index in [0.29, 0.717) is 0 Å². The second kappa shape index (κ2) is 6.13. The quantitative estimate of drug-likeness (QED) is 0.330. The Kier molecular flexibility index (Phi) is 8.66. The molecule has 0 aliphatic rings. The van der Waals surface area contributed by atoms with E-state index in [9.17, 15) is 8.76 Å². The molecule has 0 bridgehead atoms. The number of rotatable bonds is 2. The third-order valence-electron chi connectivity index (χ3n) is 0.552. The molecule has 1 unspecified atom stereocenters. The summed E-state index contributed by atoms with van der Waals surface area (Å²) in [5.74, 6) is -0.115. The van der Waals surface area contributed by atoms with E-state index in [1.807, 2.05) is 0 Å². The second-order valence-corrected chi connectivity index (χ2v) is 4.90. The van der Waals surface area contributed by atoms with Gasteiger partial charge in [-0.2, -0.15) is 0 Å². The van der Waals surface area contributed by atoms with Gasteiger partial charge in [0.05, 0.1) is 0 Å². The van der Waals surface area contributed by atoms with E-state index >= 15 is 0 Å². The van der Waals surface area contributed by atoms with Gasteiger partial charge in [-0.15, -0.1) is 0 Å². The van der Waals surface area contributed by atoms with Crippen LogP contribution in [0.1, 0.15) is 7.85 Å². The minimum absolute atomic E-state index is 0. The third kappa shape index (κ3) is 12.3. The molecule has 0 saturated carbocycles. The summed E-state index contributed by atoms with van der Waals surface area (Å²) in [5, 5.41) is 0. The molecule has 7 heteroatoms. The summed E-state index contributed by atoms with van der Waals surface area (Å²) in [6.07, 6.45) is 0.0355. The van der Waals surface area contributed by atoms with Crippen LogP contribution in [-0.4, -0.2) is 18.3 Å². The Morgan fingerprint density at radius 3 is 2.00 bits per heavy atom. The molecule has 0 aromatic carbocycles. The van der Waals surface area contributed by atoms with Gasteiger partial charge in [0.25, 0.3) is 0 Å². The Bertz CT molecular complexity index is 120. The van der Waals surface area contributed by atoms with Crippen molar-refractivity contribution in [2.24, 2.45) is 0 Å². The Balaban J connectivity index is -0.000000320. The fourth-order valence-corrected chi connectivity index (χ4v) is 1.29. The monoisotopic (exact) mass is 217 g/mol.